The number of amides is 1. The first-order valence-electron chi connectivity index (χ1n) is 7.99. The third-order valence-electron chi connectivity index (χ3n) is 4.05. The topological polar surface area (TPSA) is 58.6 Å². The zero-order chi connectivity index (χ0) is 17.3. The summed E-state index contributed by atoms with van der Waals surface area (Å²) in [5.74, 6) is 0.181. The normalized spacial score (nSPS) is 16.4. The lowest BCUT2D eigenvalue weighted by atomic mass is 9.78. The van der Waals surface area contributed by atoms with E-state index in [-0.39, 0.29) is 12.0 Å². The van der Waals surface area contributed by atoms with Crippen molar-refractivity contribution in [3.63, 3.8) is 0 Å². The number of carbonyl (C=O) groups excluding carboxylic acids is 1. The van der Waals surface area contributed by atoms with E-state index < -0.39 is 7.12 Å². The van der Waals surface area contributed by atoms with Gasteiger partial charge in [0.1, 0.15) is 0 Å². The Morgan fingerprint density at radius 1 is 1.33 bits per heavy atom. The molecule has 0 fully saturated rings. The quantitative estimate of drug-likeness (QED) is 0.837. The molecule has 6 heteroatoms. The Bertz CT molecular complexity index is 766. The van der Waals surface area contributed by atoms with Gasteiger partial charge in [0.05, 0.1) is 16.7 Å². The number of fused-ring (bicyclic) bond motifs is 1. The molecule has 0 spiro atoms. The standard InChI is InChI=1S/C18H19BClNO3/c1-11(2)9-17-13-8-7-12(10-15(13)19(23)24-17)21-18(22)14-5-3-4-6-16(14)20/h3-8,10-11,17,23H,9H2,1-2H3,(H,21,22). The van der Waals surface area contributed by atoms with Crippen LogP contribution in [0.5, 0.6) is 0 Å². The maximum atomic E-state index is 12.3. The molecule has 2 aromatic rings. The Morgan fingerprint density at radius 3 is 2.79 bits per heavy atom. The molecule has 0 bridgehead atoms. The second-order valence-corrected chi connectivity index (χ2v) is 6.79. The number of benzene rings is 2. The molecular formula is C18H19BClNO3. The molecule has 1 atom stereocenters. The molecule has 124 valence electrons. The maximum Gasteiger partial charge on any atom is 0.492 e. The Hall–Kier alpha value is -1.82. The highest BCUT2D eigenvalue weighted by Crippen LogP contribution is 2.30. The molecule has 1 unspecified atom stereocenters. The van der Waals surface area contributed by atoms with E-state index >= 15 is 0 Å². The van der Waals surface area contributed by atoms with Crippen molar-refractivity contribution in [1.82, 2.24) is 0 Å². The van der Waals surface area contributed by atoms with Crippen LogP contribution < -0.4 is 10.8 Å². The van der Waals surface area contributed by atoms with Crippen molar-refractivity contribution in [3.05, 3.63) is 58.6 Å². The van der Waals surface area contributed by atoms with Crippen LogP contribution in [0.4, 0.5) is 5.69 Å². The van der Waals surface area contributed by atoms with Crippen molar-refractivity contribution in [3.8, 4) is 0 Å². The van der Waals surface area contributed by atoms with Gasteiger partial charge in [-0.15, -0.1) is 0 Å². The fourth-order valence-electron chi connectivity index (χ4n) is 2.92. The van der Waals surface area contributed by atoms with Crippen LogP contribution in [-0.4, -0.2) is 18.0 Å². The number of hydrogen-bond acceptors (Lipinski definition) is 3. The van der Waals surface area contributed by atoms with Crippen molar-refractivity contribution in [2.75, 3.05) is 5.32 Å². The van der Waals surface area contributed by atoms with Crippen molar-refractivity contribution < 1.29 is 14.5 Å². The Kier molecular flexibility index (Phi) is 4.95. The van der Waals surface area contributed by atoms with Crippen molar-refractivity contribution >= 4 is 35.8 Å². The molecule has 0 aromatic heterocycles. The first-order chi connectivity index (χ1) is 11.5. The first kappa shape index (κ1) is 17.0. The number of carbonyl (C=O) groups is 1. The lowest BCUT2D eigenvalue weighted by Crippen LogP contribution is -2.28. The molecule has 1 heterocycles. The van der Waals surface area contributed by atoms with Crippen LogP contribution in [0.1, 0.15) is 42.3 Å². The number of hydrogen-bond donors (Lipinski definition) is 2. The van der Waals surface area contributed by atoms with E-state index in [2.05, 4.69) is 19.2 Å². The molecule has 3 rings (SSSR count). The van der Waals surface area contributed by atoms with Gasteiger partial charge in [-0.05, 0) is 47.6 Å². The summed E-state index contributed by atoms with van der Waals surface area (Å²) in [6, 6.07) is 12.4. The second-order valence-electron chi connectivity index (χ2n) is 6.38. The zero-order valence-electron chi connectivity index (χ0n) is 13.6. The van der Waals surface area contributed by atoms with Crippen LogP contribution in [0.3, 0.4) is 0 Å². The molecule has 4 nitrogen and oxygen atoms in total. The maximum absolute atomic E-state index is 12.3. The molecule has 0 saturated carbocycles. The van der Waals surface area contributed by atoms with Gasteiger partial charge in [0.15, 0.2) is 0 Å². The summed E-state index contributed by atoms with van der Waals surface area (Å²) in [5.41, 5.74) is 2.70. The van der Waals surface area contributed by atoms with E-state index in [0.717, 1.165) is 12.0 Å². The van der Waals surface area contributed by atoms with Crippen molar-refractivity contribution in [2.24, 2.45) is 5.92 Å². The van der Waals surface area contributed by atoms with E-state index in [9.17, 15) is 9.82 Å². The Labute approximate surface area is 146 Å². The minimum Gasteiger partial charge on any atom is -0.423 e. The molecule has 0 saturated heterocycles. The van der Waals surface area contributed by atoms with Crippen molar-refractivity contribution in [2.45, 2.75) is 26.4 Å². The Morgan fingerprint density at radius 2 is 2.08 bits per heavy atom. The lowest BCUT2D eigenvalue weighted by Gasteiger charge is -2.15. The summed E-state index contributed by atoms with van der Waals surface area (Å²) in [5, 5.41) is 13.3. The summed E-state index contributed by atoms with van der Waals surface area (Å²) < 4.78 is 5.63. The molecular weight excluding hydrogens is 324 g/mol. The van der Waals surface area contributed by atoms with Crippen LogP contribution in [-0.2, 0) is 4.65 Å². The summed E-state index contributed by atoms with van der Waals surface area (Å²) >= 11 is 6.05. The average Bonchev–Trinajstić information content (AvgIpc) is 2.83. The van der Waals surface area contributed by atoms with Gasteiger partial charge in [0.2, 0.25) is 0 Å². The summed E-state index contributed by atoms with van der Waals surface area (Å²) in [7, 11) is -0.957. The minimum atomic E-state index is -0.957. The average molecular weight is 344 g/mol. The van der Waals surface area contributed by atoms with E-state index in [1.165, 1.54) is 0 Å². The van der Waals surface area contributed by atoms with Crippen LogP contribution in [0, 0.1) is 5.92 Å². The molecule has 0 aliphatic carbocycles. The smallest absolute Gasteiger partial charge is 0.423 e. The number of anilines is 1. The van der Waals surface area contributed by atoms with Gasteiger partial charge in [0.25, 0.3) is 5.91 Å². The van der Waals surface area contributed by atoms with Crippen LogP contribution in [0.2, 0.25) is 5.02 Å². The number of rotatable bonds is 4. The van der Waals surface area contributed by atoms with E-state index in [4.69, 9.17) is 16.3 Å². The molecule has 1 aliphatic heterocycles. The number of nitrogens with one attached hydrogen (secondary N) is 1. The summed E-state index contributed by atoms with van der Waals surface area (Å²) in [6.07, 6.45) is 0.735. The van der Waals surface area contributed by atoms with E-state index in [0.29, 0.717) is 27.7 Å². The third kappa shape index (κ3) is 3.48. The molecule has 2 N–H and O–H groups in total. The Balaban J connectivity index is 1.81. The number of halogens is 1. The van der Waals surface area contributed by atoms with E-state index in [1.54, 1.807) is 30.3 Å². The lowest BCUT2D eigenvalue weighted by molar-refractivity contribution is 0.102. The molecule has 0 radical (unpaired) electrons. The molecule has 1 amide bonds. The van der Waals surface area contributed by atoms with Gasteiger partial charge in [-0.25, -0.2) is 0 Å². The van der Waals surface area contributed by atoms with Gasteiger partial charge >= 0.3 is 7.12 Å². The fraction of sp³-hybridized carbons (Fsp3) is 0.278. The van der Waals surface area contributed by atoms with Gasteiger partial charge in [-0.2, -0.15) is 0 Å². The highest BCUT2D eigenvalue weighted by molar-refractivity contribution is 6.62. The van der Waals surface area contributed by atoms with Gasteiger partial charge in [-0.3, -0.25) is 4.79 Å². The summed E-state index contributed by atoms with van der Waals surface area (Å²) in [4.78, 5) is 12.3. The zero-order valence-corrected chi connectivity index (χ0v) is 14.4. The van der Waals surface area contributed by atoms with E-state index in [1.807, 2.05) is 12.1 Å². The molecule has 1 aliphatic rings. The monoisotopic (exact) mass is 343 g/mol. The third-order valence-corrected chi connectivity index (χ3v) is 4.38. The minimum absolute atomic E-state index is 0.108. The predicted molar refractivity (Wildman–Crippen MR) is 96.7 cm³/mol. The SMILES string of the molecule is CC(C)CC1OB(O)c2cc(NC(=O)c3ccccc3Cl)ccc21. The summed E-state index contributed by atoms with van der Waals surface area (Å²) in [6.45, 7) is 4.23. The van der Waals surface area contributed by atoms with Crippen LogP contribution in [0.25, 0.3) is 0 Å². The van der Waals surface area contributed by atoms with Gasteiger partial charge < -0.3 is 15.0 Å². The largest absolute Gasteiger partial charge is 0.492 e. The van der Waals surface area contributed by atoms with Gasteiger partial charge in [0, 0.05) is 5.69 Å². The van der Waals surface area contributed by atoms with Gasteiger partial charge in [-0.1, -0.05) is 43.6 Å². The highest BCUT2D eigenvalue weighted by Gasteiger charge is 2.35. The molecule has 24 heavy (non-hydrogen) atoms. The fourth-order valence-corrected chi connectivity index (χ4v) is 3.14. The van der Waals surface area contributed by atoms with Crippen LogP contribution in [0.15, 0.2) is 42.5 Å². The first-order valence-corrected chi connectivity index (χ1v) is 8.36. The van der Waals surface area contributed by atoms with Crippen LogP contribution >= 0.6 is 11.6 Å². The molecule has 2 aromatic carbocycles. The van der Waals surface area contributed by atoms with Crippen molar-refractivity contribution in [1.29, 1.82) is 0 Å². The predicted octanol–water partition coefficient (Wildman–Crippen LogP) is 3.40. The highest BCUT2D eigenvalue weighted by atomic mass is 35.5. The second kappa shape index (κ2) is 6.97.